The van der Waals surface area contributed by atoms with Gasteiger partial charge in [-0.15, -0.1) is 0 Å². The Bertz CT molecular complexity index is 1880. The zero-order valence-electron chi connectivity index (χ0n) is 49.3. The number of unbranched alkanes of at least 4 members (excludes halogenated alkanes) is 10. The van der Waals surface area contributed by atoms with Crippen molar-refractivity contribution in [2.24, 2.45) is 35.5 Å². The van der Waals surface area contributed by atoms with E-state index in [9.17, 15) is 27.6 Å². The molecular weight excluding hydrogens is 1250 g/mol. The Kier molecular flexibility index (Phi) is 48.0. The monoisotopic (exact) mass is 1350 g/mol. The summed E-state index contributed by atoms with van der Waals surface area (Å²) in [5, 5.41) is 0. The minimum absolute atomic E-state index is 0. The van der Waals surface area contributed by atoms with Gasteiger partial charge < -0.3 is 52.4 Å². The van der Waals surface area contributed by atoms with Crippen LogP contribution in [0.3, 0.4) is 0 Å². The molecule has 0 spiro atoms. The van der Waals surface area contributed by atoms with Gasteiger partial charge in [-0.25, -0.2) is 0 Å². The Morgan fingerprint density at radius 3 is 1.42 bits per heavy atom. The number of carbonyl (C=O) groups is 4. The fourth-order valence-corrected chi connectivity index (χ4v) is 11.8. The summed E-state index contributed by atoms with van der Waals surface area (Å²) < 4.78 is 65.5. The smallest absolute Gasteiger partial charge is 1.00 e. The summed E-state index contributed by atoms with van der Waals surface area (Å²) in [6.45, 7) is 18.7. The number of ether oxygens (including phenoxy) is 6. The second kappa shape index (κ2) is 48.6. The topological polar surface area (TPSA) is 167 Å². The molecule has 78 heavy (non-hydrogen) atoms. The molecule has 0 radical (unpaired) electrons. The summed E-state index contributed by atoms with van der Waals surface area (Å²) in [6.07, 6.45) is 28.2. The average Bonchev–Trinajstić information content (AvgIpc) is 3.86. The van der Waals surface area contributed by atoms with Crippen molar-refractivity contribution >= 4 is 56.2 Å². The molecule has 1 aromatic rings. The third kappa shape index (κ3) is 36.0. The third-order valence-corrected chi connectivity index (χ3v) is 16.4. The molecule has 0 amide bonds. The van der Waals surface area contributed by atoms with Crippen molar-refractivity contribution in [1.29, 1.82) is 0 Å². The molecule has 1 aromatic carbocycles. The van der Waals surface area contributed by atoms with Crippen molar-refractivity contribution in [3.63, 3.8) is 0 Å². The van der Waals surface area contributed by atoms with E-state index in [1.165, 1.54) is 51.4 Å². The summed E-state index contributed by atoms with van der Waals surface area (Å²) in [5.41, 5.74) is 0.962. The number of hydrogen-bond acceptors (Lipinski definition) is 13. The molecule has 6 atom stereocenters. The molecule has 13 nitrogen and oxygen atoms in total. The number of allylic oxidation sites excluding steroid dienone is 4. The van der Waals surface area contributed by atoms with E-state index in [0.29, 0.717) is 95.8 Å². The standard InChI is InChI=1S/C34H54O8S.C27H47IO5.HI.Na/c1-5-6-7-10-13-21-39-23-24-40-22-20-31-29(26-41-43(37,38)30-18-16-28(4)17-19-30)25-33(35)32(31)14-11-8-9-12-15-34(36)42-27(2)3;1-4-5-6-9-12-16-31-18-19-32-17-15-24-23(21-28)20-26(29)25(24)13-10-7-8-11-14-27(30)33-22(2)3;;/h8,11,16-19,27,29,31-32H,5-7,9-10,12-15,20-26H2,1-4H3;7,10,22-25H,4-6,8-9,11-21H2,1-3H3;1H;/q;;;+1/p-1/t29?,31-,32?;23?,24-,25?;;/m00../s1. The van der Waals surface area contributed by atoms with Gasteiger partial charge in [-0.1, -0.05) is 130 Å². The largest absolute Gasteiger partial charge is 1.00 e. The molecule has 17 heteroatoms. The number of alkyl halides is 1. The number of carbonyl (C=O) groups excluding carboxylic acids is 4. The number of esters is 2. The third-order valence-electron chi connectivity index (χ3n) is 14.0. The maximum atomic E-state index is 13.1. The SMILES string of the molecule is CCCCCCCOCCOCC[C@H]1C(CI)CC(=O)C1CC=CCCCC(=O)OC(C)C.CCCCCCCOCCOCC[C@H]1C(COS(=O)(=O)c2ccc(C)cc2)CC(=O)C1CC=CCCCC(=O)OC(C)C.[I-].[Na+]. The Hall–Kier alpha value is -0.810. The molecule has 2 aliphatic rings. The molecular formula is C61H101I2NaO13S. The van der Waals surface area contributed by atoms with E-state index in [0.717, 1.165) is 68.2 Å². The first-order valence-corrected chi connectivity index (χ1v) is 32.1. The molecule has 0 aliphatic heterocycles. The molecule has 2 aliphatic carbocycles. The molecule has 3 rings (SSSR count). The van der Waals surface area contributed by atoms with Gasteiger partial charge in [-0.05, 0) is 135 Å². The van der Waals surface area contributed by atoms with Gasteiger partial charge in [0.15, 0.2) is 0 Å². The van der Waals surface area contributed by atoms with E-state index in [-0.39, 0.29) is 125 Å². The summed E-state index contributed by atoms with van der Waals surface area (Å²) >= 11 is 2.42. The van der Waals surface area contributed by atoms with E-state index < -0.39 is 10.1 Å². The second-order valence-corrected chi connectivity index (χ2v) is 23.7. The number of hydrogen-bond donors (Lipinski definition) is 0. The van der Waals surface area contributed by atoms with E-state index >= 15 is 0 Å². The van der Waals surface area contributed by atoms with Crippen LogP contribution >= 0.6 is 22.6 Å². The van der Waals surface area contributed by atoms with Crippen LogP contribution in [0.2, 0.25) is 0 Å². The maximum absolute atomic E-state index is 13.1. The van der Waals surface area contributed by atoms with Gasteiger partial charge in [0.2, 0.25) is 0 Å². The quantitative estimate of drug-likeness (QED) is 0.0119. The van der Waals surface area contributed by atoms with Gasteiger partial charge in [0.1, 0.15) is 11.6 Å². The molecule has 0 saturated heterocycles. The average molecular weight is 1350 g/mol. The van der Waals surface area contributed by atoms with E-state index in [4.69, 9.17) is 32.6 Å². The van der Waals surface area contributed by atoms with E-state index in [1.807, 2.05) is 46.8 Å². The first-order valence-electron chi connectivity index (χ1n) is 29.2. The molecule has 0 heterocycles. The van der Waals surface area contributed by atoms with Crippen LogP contribution in [0.5, 0.6) is 0 Å². The first-order chi connectivity index (χ1) is 36.6. The van der Waals surface area contributed by atoms with Crippen molar-refractivity contribution in [2.45, 2.75) is 207 Å². The zero-order valence-corrected chi connectivity index (χ0v) is 56.5. The van der Waals surface area contributed by atoms with Crippen LogP contribution in [0.25, 0.3) is 0 Å². The molecule has 2 saturated carbocycles. The first kappa shape index (κ1) is 77.2. The molecule has 4 unspecified atom stereocenters. The predicted octanol–water partition coefficient (Wildman–Crippen LogP) is 7.70. The number of ketones is 2. The minimum atomic E-state index is -3.92. The van der Waals surface area contributed by atoms with Crippen molar-refractivity contribution < 1.29 is 114 Å². The molecule has 2 fully saturated rings. The van der Waals surface area contributed by atoms with Crippen LogP contribution in [0.1, 0.15) is 188 Å². The van der Waals surface area contributed by atoms with Crippen LogP contribution in [-0.2, 0) is 61.9 Å². The van der Waals surface area contributed by atoms with Crippen LogP contribution in [0.4, 0.5) is 0 Å². The molecule has 0 aromatic heterocycles. The van der Waals surface area contributed by atoms with E-state index in [1.54, 1.807) is 24.3 Å². The van der Waals surface area contributed by atoms with Crippen molar-refractivity contribution in [1.82, 2.24) is 0 Å². The van der Waals surface area contributed by atoms with Gasteiger partial charge >= 0.3 is 41.5 Å². The van der Waals surface area contributed by atoms with Gasteiger partial charge in [0.25, 0.3) is 10.1 Å². The predicted molar refractivity (Wildman–Crippen MR) is 311 cm³/mol. The normalized spacial score (nSPS) is 19.4. The Balaban J connectivity index is 0.00000153. The minimum Gasteiger partial charge on any atom is -1.00 e. The van der Waals surface area contributed by atoms with Gasteiger partial charge in [-0.3, -0.25) is 23.4 Å². The van der Waals surface area contributed by atoms with Crippen molar-refractivity contribution in [3.8, 4) is 0 Å². The Labute approximate surface area is 525 Å². The fourth-order valence-electron chi connectivity index (χ4n) is 9.84. The number of benzene rings is 1. The maximum Gasteiger partial charge on any atom is 1.00 e. The van der Waals surface area contributed by atoms with Crippen LogP contribution in [0, 0.1) is 42.4 Å². The second-order valence-electron chi connectivity index (χ2n) is 21.2. The van der Waals surface area contributed by atoms with E-state index in [2.05, 4.69) is 48.6 Å². The van der Waals surface area contributed by atoms with Gasteiger partial charge in [-0.2, -0.15) is 8.42 Å². The summed E-state index contributed by atoms with van der Waals surface area (Å²) in [6, 6.07) is 6.56. The summed E-state index contributed by atoms with van der Waals surface area (Å²) in [7, 11) is -3.92. The molecule has 0 N–H and O–H groups in total. The van der Waals surface area contributed by atoms with Crippen molar-refractivity contribution in [2.75, 3.05) is 63.9 Å². The van der Waals surface area contributed by atoms with Crippen LogP contribution < -0.4 is 53.5 Å². The molecule has 444 valence electrons. The van der Waals surface area contributed by atoms with Crippen LogP contribution in [-0.4, -0.2) is 108 Å². The number of rotatable bonds is 43. The van der Waals surface area contributed by atoms with Gasteiger partial charge in [0, 0.05) is 68.4 Å². The molecule has 0 bridgehead atoms. The summed E-state index contributed by atoms with van der Waals surface area (Å²) in [5.74, 6) is 0.689. The number of Topliss-reactive ketones (excluding diaryl/α,β-unsaturated/α-hetero) is 2. The fraction of sp³-hybridized carbons (Fsp3) is 0.770. The van der Waals surface area contributed by atoms with Crippen LogP contribution in [0.15, 0.2) is 53.5 Å². The number of aryl methyl sites for hydroxylation is 1. The number of halogens is 2. The van der Waals surface area contributed by atoms with Crippen molar-refractivity contribution in [3.05, 3.63) is 54.1 Å². The Morgan fingerprint density at radius 2 is 1.00 bits per heavy atom. The van der Waals surface area contributed by atoms with Gasteiger partial charge in [0.05, 0.1) is 50.1 Å². The zero-order chi connectivity index (χ0) is 55.8. The summed E-state index contributed by atoms with van der Waals surface area (Å²) in [4.78, 5) is 49.1. The Morgan fingerprint density at radius 1 is 0.590 bits per heavy atom.